The quantitative estimate of drug-likeness (QED) is 0.900. The summed E-state index contributed by atoms with van der Waals surface area (Å²) in [5.74, 6) is -0.134. The molecular formula is C18H24N2O4. The molecule has 1 amide bonds. The first-order chi connectivity index (χ1) is 11.2. The molecule has 0 aliphatic heterocycles. The average molecular weight is 332 g/mol. The smallest absolute Gasteiger partial charge is 0.419 e. The molecule has 1 aromatic heterocycles. The Hall–Kier alpha value is -2.34. The molecule has 1 aromatic carbocycles. The van der Waals surface area contributed by atoms with Gasteiger partial charge in [0.25, 0.3) is 0 Å². The lowest BCUT2D eigenvalue weighted by molar-refractivity contribution is -0.115. The zero-order chi connectivity index (χ0) is 17.9. The highest BCUT2D eigenvalue weighted by atomic mass is 16.6. The third kappa shape index (κ3) is 4.14. The zero-order valence-electron chi connectivity index (χ0n) is 14.5. The predicted octanol–water partition coefficient (Wildman–Crippen LogP) is 3.31. The van der Waals surface area contributed by atoms with Crippen LogP contribution < -0.4 is 5.32 Å². The van der Waals surface area contributed by atoms with Crippen LogP contribution in [0.1, 0.15) is 39.7 Å². The number of carbonyl (C=O) groups excluding carboxylic acids is 2. The first-order valence-corrected chi connectivity index (χ1v) is 8.03. The van der Waals surface area contributed by atoms with E-state index < -0.39 is 11.7 Å². The molecule has 24 heavy (non-hydrogen) atoms. The fourth-order valence-corrected chi connectivity index (χ4v) is 2.36. The number of carbonyl (C=O) groups is 2. The van der Waals surface area contributed by atoms with Crippen LogP contribution in [0.4, 0.5) is 10.5 Å². The maximum atomic E-state index is 12.4. The molecule has 130 valence electrons. The fraction of sp³-hybridized carbons (Fsp3) is 0.444. The van der Waals surface area contributed by atoms with Crippen molar-refractivity contribution in [2.24, 2.45) is 0 Å². The van der Waals surface area contributed by atoms with E-state index in [1.807, 2.05) is 12.1 Å². The van der Waals surface area contributed by atoms with Crippen molar-refractivity contribution >= 4 is 28.6 Å². The number of benzene rings is 1. The molecule has 0 radical (unpaired) electrons. The number of nitrogens with zero attached hydrogens (tertiary/aromatic N) is 1. The maximum absolute atomic E-state index is 12.4. The van der Waals surface area contributed by atoms with Crippen molar-refractivity contribution in [3.63, 3.8) is 0 Å². The topological polar surface area (TPSA) is 80.6 Å². The van der Waals surface area contributed by atoms with Crippen LogP contribution in [0.25, 0.3) is 10.9 Å². The molecular weight excluding hydrogens is 308 g/mol. The molecule has 0 saturated carbocycles. The minimum absolute atomic E-state index is 0.0366. The summed E-state index contributed by atoms with van der Waals surface area (Å²) in [6, 6.07) is 5.52. The number of fused-ring (bicyclic) bond motifs is 1. The van der Waals surface area contributed by atoms with Gasteiger partial charge in [-0.1, -0.05) is 13.0 Å². The minimum Gasteiger partial charge on any atom is -0.443 e. The van der Waals surface area contributed by atoms with Crippen LogP contribution in [0.2, 0.25) is 0 Å². The monoisotopic (exact) mass is 332 g/mol. The predicted molar refractivity (Wildman–Crippen MR) is 93.3 cm³/mol. The fourth-order valence-electron chi connectivity index (χ4n) is 2.36. The number of amides is 1. The van der Waals surface area contributed by atoms with Crippen LogP contribution in [0.5, 0.6) is 0 Å². The van der Waals surface area contributed by atoms with Gasteiger partial charge in [-0.2, -0.15) is 0 Å². The van der Waals surface area contributed by atoms with Crippen LogP contribution >= 0.6 is 0 Å². The molecule has 2 aromatic rings. The molecule has 0 aliphatic rings. The van der Waals surface area contributed by atoms with E-state index in [2.05, 4.69) is 5.32 Å². The van der Waals surface area contributed by atoms with E-state index in [1.165, 1.54) is 4.57 Å². The van der Waals surface area contributed by atoms with Crippen molar-refractivity contribution in [1.82, 2.24) is 4.57 Å². The average Bonchev–Trinajstić information content (AvgIpc) is 2.84. The third-order valence-corrected chi connectivity index (χ3v) is 3.45. The number of hydrogen-bond acceptors (Lipinski definition) is 4. The molecule has 0 atom stereocenters. The summed E-state index contributed by atoms with van der Waals surface area (Å²) in [5, 5.41) is 12.7. The Morgan fingerprint density at radius 1 is 1.29 bits per heavy atom. The summed E-state index contributed by atoms with van der Waals surface area (Å²) in [7, 11) is 0. The summed E-state index contributed by atoms with van der Waals surface area (Å²) in [5.41, 5.74) is 1.52. The normalized spacial score (nSPS) is 11.5. The van der Waals surface area contributed by atoms with Gasteiger partial charge in [-0.05, 0) is 44.9 Å². The van der Waals surface area contributed by atoms with E-state index in [9.17, 15) is 9.59 Å². The lowest BCUT2D eigenvalue weighted by Gasteiger charge is -2.19. The second-order valence-electron chi connectivity index (χ2n) is 6.62. The number of ether oxygens (including phenoxy) is 1. The van der Waals surface area contributed by atoms with Gasteiger partial charge in [-0.15, -0.1) is 0 Å². The van der Waals surface area contributed by atoms with Gasteiger partial charge >= 0.3 is 6.09 Å². The largest absolute Gasteiger partial charge is 0.443 e. The summed E-state index contributed by atoms with van der Waals surface area (Å²) >= 11 is 0. The Labute approximate surface area is 141 Å². The van der Waals surface area contributed by atoms with Gasteiger partial charge in [0, 0.05) is 24.6 Å². The number of nitrogens with one attached hydrogen (secondary N) is 1. The molecule has 0 saturated heterocycles. The second kappa shape index (κ2) is 7.05. The van der Waals surface area contributed by atoms with Crippen molar-refractivity contribution < 1.29 is 19.4 Å². The third-order valence-electron chi connectivity index (χ3n) is 3.45. The van der Waals surface area contributed by atoms with Crippen LogP contribution in [-0.2, 0) is 16.0 Å². The molecule has 6 nitrogen and oxygen atoms in total. The molecule has 1 heterocycles. The van der Waals surface area contributed by atoms with Crippen LogP contribution in [0.15, 0.2) is 24.4 Å². The summed E-state index contributed by atoms with van der Waals surface area (Å²) < 4.78 is 6.82. The van der Waals surface area contributed by atoms with Gasteiger partial charge in [0.15, 0.2) is 0 Å². The number of rotatable bonds is 4. The van der Waals surface area contributed by atoms with E-state index in [-0.39, 0.29) is 12.5 Å². The Bertz CT molecular complexity index is 756. The molecule has 0 fully saturated rings. The molecule has 6 heteroatoms. The van der Waals surface area contributed by atoms with Gasteiger partial charge in [-0.25, -0.2) is 4.79 Å². The lowest BCUT2D eigenvalue weighted by atomic mass is 10.1. The SMILES string of the molecule is CCC(=O)Nc1cn(C(=O)OC(C)(C)C)c2ccc(CCO)cc12. The molecule has 0 spiro atoms. The lowest BCUT2D eigenvalue weighted by Crippen LogP contribution is -2.26. The molecule has 2 rings (SSSR count). The standard InChI is InChI=1S/C18H24N2O4/c1-5-16(22)19-14-11-20(17(23)24-18(2,3)4)15-7-6-12(8-9-21)10-13(14)15/h6-7,10-11,21H,5,8-9H2,1-4H3,(H,19,22). The minimum atomic E-state index is -0.614. The number of aromatic nitrogens is 1. The number of aliphatic hydroxyl groups excluding tert-OH is 1. The van der Waals surface area contributed by atoms with Crippen molar-refractivity contribution in [2.45, 2.75) is 46.1 Å². The van der Waals surface area contributed by atoms with E-state index >= 15 is 0 Å². The highest BCUT2D eigenvalue weighted by Crippen LogP contribution is 2.28. The molecule has 0 aliphatic carbocycles. The highest BCUT2D eigenvalue weighted by Gasteiger charge is 2.21. The Morgan fingerprint density at radius 2 is 2.00 bits per heavy atom. The molecule has 0 bridgehead atoms. The van der Waals surface area contributed by atoms with Crippen LogP contribution in [0, 0.1) is 0 Å². The first kappa shape index (κ1) is 18.0. The maximum Gasteiger partial charge on any atom is 0.419 e. The van der Waals surface area contributed by atoms with E-state index in [0.717, 1.165) is 10.9 Å². The van der Waals surface area contributed by atoms with E-state index in [0.29, 0.717) is 24.0 Å². The summed E-state index contributed by atoms with van der Waals surface area (Å²) in [6.07, 6.45) is 1.93. The zero-order valence-corrected chi connectivity index (χ0v) is 14.5. The van der Waals surface area contributed by atoms with Crippen molar-refractivity contribution in [2.75, 3.05) is 11.9 Å². The van der Waals surface area contributed by atoms with Gasteiger partial charge < -0.3 is 15.2 Å². The first-order valence-electron chi connectivity index (χ1n) is 8.03. The van der Waals surface area contributed by atoms with Crippen LogP contribution in [0.3, 0.4) is 0 Å². The number of aliphatic hydroxyl groups is 1. The van der Waals surface area contributed by atoms with Gasteiger partial charge in [0.2, 0.25) is 5.91 Å². The summed E-state index contributed by atoms with van der Waals surface area (Å²) in [6.45, 7) is 7.20. The van der Waals surface area contributed by atoms with E-state index in [1.54, 1.807) is 40.0 Å². The van der Waals surface area contributed by atoms with Crippen molar-refractivity contribution in [1.29, 1.82) is 0 Å². The van der Waals surface area contributed by atoms with E-state index in [4.69, 9.17) is 9.84 Å². The Kier molecular flexibility index (Phi) is 5.29. The van der Waals surface area contributed by atoms with Crippen molar-refractivity contribution in [3.8, 4) is 0 Å². The Morgan fingerprint density at radius 3 is 2.58 bits per heavy atom. The second-order valence-corrected chi connectivity index (χ2v) is 6.62. The Balaban J connectivity index is 2.51. The number of anilines is 1. The van der Waals surface area contributed by atoms with Crippen molar-refractivity contribution in [3.05, 3.63) is 30.0 Å². The highest BCUT2D eigenvalue weighted by molar-refractivity contribution is 6.04. The van der Waals surface area contributed by atoms with Crippen LogP contribution in [-0.4, -0.2) is 33.9 Å². The summed E-state index contributed by atoms with van der Waals surface area (Å²) in [4.78, 5) is 24.2. The molecule has 0 unspecified atom stereocenters. The van der Waals surface area contributed by atoms with Gasteiger partial charge in [0.05, 0.1) is 11.2 Å². The van der Waals surface area contributed by atoms with Gasteiger partial charge in [-0.3, -0.25) is 9.36 Å². The number of hydrogen-bond donors (Lipinski definition) is 2. The molecule has 2 N–H and O–H groups in total. The van der Waals surface area contributed by atoms with Gasteiger partial charge in [0.1, 0.15) is 5.60 Å².